The van der Waals surface area contributed by atoms with E-state index >= 15 is 0 Å². The van der Waals surface area contributed by atoms with Gasteiger partial charge in [0, 0.05) is 16.1 Å². The quantitative estimate of drug-likeness (QED) is 0.672. The minimum absolute atomic E-state index is 0.446. The van der Waals surface area contributed by atoms with E-state index in [9.17, 15) is 0 Å². The van der Waals surface area contributed by atoms with Crippen molar-refractivity contribution in [2.45, 2.75) is 38.6 Å². The summed E-state index contributed by atoms with van der Waals surface area (Å²) in [4.78, 5) is 0. The number of hydrogen-bond donors (Lipinski definition) is 1. The molecule has 1 N–H and O–H groups in total. The number of nitrogens with one attached hydrogen (secondary N) is 1. The molecule has 18 heavy (non-hydrogen) atoms. The molecular formula is C15H21Cl2N. The summed E-state index contributed by atoms with van der Waals surface area (Å²) in [5.74, 6) is 0. The Labute approximate surface area is 120 Å². The van der Waals surface area contributed by atoms with Gasteiger partial charge in [0.25, 0.3) is 0 Å². The van der Waals surface area contributed by atoms with Gasteiger partial charge in [0.15, 0.2) is 0 Å². The fourth-order valence-electron chi connectivity index (χ4n) is 1.90. The lowest BCUT2D eigenvalue weighted by molar-refractivity contribution is 0.481. The van der Waals surface area contributed by atoms with Crippen LogP contribution >= 0.6 is 23.2 Å². The van der Waals surface area contributed by atoms with Crippen molar-refractivity contribution in [2.75, 3.05) is 6.54 Å². The molecule has 0 amide bonds. The topological polar surface area (TPSA) is 12.0 Å². The molecule has 0 saturated carbocycles. The van der Waals surface area contributed by atoms with Crippen LogP contribution in [0.5, 0.6) is 0 Å². The van der Waals surface area contributed by atoms with E-state index in [-0.39, 0.29) is 0 Å². The number of rotatable bonds is 8. The molecule has 0 heterocycles. The first-order valence-corrected chi connectivity index (χ1v) is 7.21. The lowest BCUT2D eigenvalue weighted by atomic mass is 10.0. The molecule has 0 aliphatic rings. The van der Waals surface area contributed by atoms with Crippen molar-refractivity contribution in [2.24, 2.45) is 0 Å². The predicted octanol–water partition coefficient (Wildman–Crippen LogP) is 4.87. The monoisotopic (exact) mass is 285 g/mol. The van der Waals surface area contributed by atoms with Gasteiger partial charge in [-0.05, 0) is 49.9 Å². The molecule has 0 saturated heterocycles. The van der Waals surface area contributed by atoms with Crippen LogP contribution in [0.15, 0.2) is 30.9 Å². The summed E-state index contributed by atoms with van der Waals surface area (Å²) in [5, 5.41) is 5.00. The Balaban J connectivity index is 2.65. The second kappa shape index (κ2) is 8.58. The van der Waals surface area contributed by atoms with E-state index in [0.717, 1.165) is 42.8 Å². The lowest BCUT2D eigenvalue weighted by Crippen LogP contribution is -2.31. The van der Waals surface area contributed by atoms with Crippen molar-refractivity contribution in [1.82, 2.24) is 5.32 Å². The standard InChI is InChI=1S/C15H21Cl2N/c1-3-5-6-14(18-9-4-2)10-12-7-8-13(16)11-15(12)17/h3,7-8,11,14,18H,1,4-6,9-10H2,2H3. The van der Waals surface area contributed by atoms with Crippen LogP contribution in [0.4, 0.5) is 0 Å². The highest BCUT2D eigenvalue weighted by atomic mass is 35.5. The van der Waals surface area contributed by atoms with Gasteiger partial charge in [-0.1, -0.05) is 42.3 Å². The van der Waals surface area contributed by atoms with Gasteiger partial charge in [0.2, 0.25) is 0 Å². The van der Waals surface area contributed by atoms with E-state index in [1.54, 1.807) is 0 Å². The molecule has 1 aromatic rings. The highest BCUT2D eigenvalue weighted by molar-refractivity contribution is 6.35. The Morgan fingerprint density at radius 3 is 2.78 bits per heavy atom. The predicted molar refractivity (Wildman–Crippen MR) is 81.7 cm³/mol. The molecule has 1 aromatic carbocycles. The maximum atomic E-state index is 6.21. The summed E-state index contributed by atoms with van der Waals surface area (Å²) in [6.45, 7) is 6.99. The zero-order chi connectivity index (χ0) is 13.4. The van der Waals surface area contributed by atoms with Crippen molar-refractivity contribution in [1.29, 1.82) is 0 Å². The summed E-state index contributed by atoms with van der Waals surface area (Å²) in [6.07, 6.45) is 6.14. The second-order valence-electron chi connectivity index (χ2n) is 4.46. The highest BCUT2D eigenvalue weighted by Gasteiger charge is 2.10. The number of allylic oxidation sites excluding steroid dienone is 1. The van der Waals surface area contributed by atoms with Crippen molar-refractivity contribution < 1.29 is 0 Å². The van der Waals surface area contributed by atoms with E-state index in [1.165, 1.54) is 0 Å². The molecule has 0 aromatic heterocycles. The summed E-state index contributed by atoms with van der Waals surface area (Å²) in [5.41, 5.74) is 1.15. The van der Waals surface area contributed by atoms with Gasteiger partial charge in [0.1, 0.15) is 0 Å². The maximum absolute atomic E-state index is 6.21. The average Bonchev–Trinajstić information content (AvgIpc) is 2.35. The maximum Gasteiger partial charge on any atom is 0.0453 e. The highest BCUT2D eigenvalue weighted by Crippen LogP contribution is 2.22. The van der Waals surface area contributed by atoms with Crippen molar-refractivity contribution in [3.63, 3.8) is 0 Å². The van der Waals surface area contributed by atoms with Gasteiger partial charge in [-0.15, -0.1) is 6.58 Å². The zero-order valence-electron chi connectivity index (χ0n) is 10.9. The average molecular weight is 286 g/mol. The first kappa shape index (κ1) is 15.6. The summed E-state index contributed by atoms with van der Waals surface area (Å²) >= 11 is 12.1. The molecule has 1 unspecified atom stereocenters. The zero-order valence-corrected chi connectivity index (χ0v) is 12.4. The number of hydrogen-bond acceptors (Lipinski definition) is 1. The summed E-state index contributed by atoms with van der Waals surface area (Å²) in [7, 11) is 0. The Morgan fingerprint density at radius 1 is 1.39 bits per heavy atom. The fraction of sp³-hybridized carbons (Fsp3) is 0.467. The van der Waals surface area contributed by atoms with Gasteiger partial charge < -0.3 is 5.32 Å². The third-order valence-corrected chi connectivity index (χ3v) is 3.47. The van der Waals surface area contributed by atoms with Crippen LogP contribution in [-0.2, 0) is 6.42 Å². The molecule has 0 fully saturated rings. The van der Waals surface area contributed by atoms with E-state index in [4.69, 9.17) is 23.2 Å². The molecule has 1 atom stereocenters. The third-order valence-electron chi connectivity index (χ3n) is 2.88. The normalized spacial score (nSPS) is 12.4. The van der Waals surface area contributed by atoms with E-state index < -0.39 is 0 Å². The van der Waals surface area contributed by atoms with Crippen LogP contribution in [0, 0.1) is 0 Å². The first-order valence-electron chi connectivity index (χ1n) is 6.45. The Kier molecular flexibility index (Phi) is 7.41. The smallest absolute Gasteiger partial charge is 0.0453 e. The van der Waals surface area contributed by atoms with Crippen LogP contribution in [-0.4, -0.2) is 12.6 Å². The molecule has 100 valence electrons. The van der Waals surface area contributed by atoms with Gasteiger partial charge in [-0.2, -0.15) is 0 Å². The first-order chi connectivity index (χ1) is 8.67. The van der Waals surface area contributed by atoms with E-state index in [2.05, 4.69) is 18.8 Å². The Hall–Kier alpha value is -0.500. The SMILES string of the molecule is C=CCCC(Cc1ccc(Cl)cc1Cl)NCCC. The molecule has 0 aliphatic carbocycles. The van der Waals surface area contributed by atoms with Gasteiger partial charge in [-0.3, -0.25) is 0 Å². The molecule has 0 spiro atoms. The van der Waals surface area contributed by atoms with E-state index in [0.29, 0.717) is 11.1 Å². The summed E-state index contributed by atoms with van der Waals surface area (Å²) < 4.78 is 0. The minimum atomic E-state index is 0.446. The number of benzene rings is 1. The van der Waals surface area contributed by atoms with Gasteiger partial charge in [0.05, 0.1) is 0 Å². The van der Waals surface area contributed by atoms with Crippen LogP contribution in [0.1, 0.15) is 31.7 Å². The molecule has 1 rings (SSSR count). The molecule has 0 bridgehead atoms. The largest absolute Gasteiger partial charge is 0.314 e. The Bertz CT molecular complexity index is 377. The van der Waals surface area contributed by atoms with Crippen LogP contribution in [0.2, 0.25) is 10.0 Å². The third kappa shape index (κ3) is 5.43. The molecule has 3 heteroatoms. The number of halogens is 2. The van der Waals surface area contributed by atoms with Crippen molar-refractivity contribution in [3.8, 4) is 0 Å². The van der Waals surface area contributed by atoms with E-state index in [1.807, 2.05) is 24.3 Å². The van der Waals surface area contributed by atoms with Gasteiger partial charge >= 0.3 is 0 Å². The molecule has 0 aliphatic heterocycles. The fourth-order valence-corrected chi connectivity index (χ4v) is 2.38. The van der Waals surface area contributed by atoms with Crippen LogP contribution < -0.4 is 5.32 Å². The lowest BCUT2D eigenvalue weighted by Gasteiger charge is -2.18. The van der Waals surface area contributed by atoms with Crippen LogP contribution in [0.25, 0.3) is 0 Å². The second-order valence-corrected chi connectivity index (χ2v) is 5.30. The van der Waals surface area contributed by atoms with Gasteiger partial charge in [-0.25, -0.2) is 0 Å². The summed E-state index contributed by atoms with van der Waals surface area (Å²) in [6, 6.07) is 6.16. The molecule has 1 nitrogen and oxygen atoms in total. The molecule has 0 radical (unpaired) electrons. The van der Waals surface area contributed by atoms with Crippen molar-refractivity contribution >= 4 is 23.2 Å². The Morgan fingerprint density at radius 2 is 2.17 bits per heavy atom. The minimum Gasteiger partial charge on any atom is -0.314 e. The van der Waals surface area contributed by atoms with Crippen molar-refractivity contribution in [3.05, 3.63) is 46.5 Å². The molecular weight excluding hydrogens is 265 g/mol. The van der Waals surface area contributed by atoms with Crippen LogP contribution in [0.3, 0.4) is 0 Å².